The molecule has 0 aromatic carbocycles. The molecule has 0 saturated carbocycles. The number of nitrogens with zero attached hydrogens (tertiary/aromatic N) is 1. The van der Waals surface area contributed by atoms with E-state index in [0.717, 1.165) is 12.0 Å². The van der Waals surface area contributed by atoms with Crippen LogP contribution >= 0.6 is 11.8 Å². The maximum Gasteiger partial charge on any atom is 0.165 e. The lowest BCUT2D eigenvalue weighted by Crippen LogP contribution is -2.30. The Morgan fingerprint density at radius 1 is 1.37 bits per heavy atom. The Balaban J connectivity index is 2.04. The molecule has 1 aromatic heterocycles. The number of thioether (sulfide) groups is 1. The predicted octanol–water partition coefficient (Wildman–Crippen LogP) is 4.02. The highest BCUT2D eigenvalue weighted by molar-refractivity contribution is 7.99. The minimum atomic E-state index is 0.119. The Kier molecular flexibility index (Phi) is 3.28. The lowest BCUT2D eigenvalue weighted by atomic mass is 9.76. The third-order valence-electron chi connectivity index (χ3n) is 4.42. The van der Waals surface area contributed by atoms with Gasteiger partial charge in [-0.2, -0.15) is 11.8 Å². The molecule has 3 rings (SSSR count). The van der Waals surface area contributed by atoms with Crippen molar-refractivity contribution in [1.29, 1.82) is 0 Å². The molecule has 19 heavy (non-hydrogen) atoms. The Morgan fingerprint density at radius 2 is 2.16 bits per heavy atom. The Morgan fingerprint density at radius 3 is 2.84 bits per heavy atom. The normalized spacial score (nSPS) is 26.3. The molecule has 1 aliphatic heterocycles. The molecule has 1 aliphatic carbocycles. The van der Waals surface area contributed by atoms with Gasteiger partial charge in [-0.15, -0.1) is 0 Å². The highest BCUT2D eigenvalue weighted by Crippen LogP contribution is 2.39. The van der Waals surface area contributed by atoms with Crippen LogP contribution < -0.4 is 0 Å². The monoisotopic (exact) mass is 277 g/mol. The van der Waals surface area contributed by atoms with Gasteiger partial charge in [0.15, 0.2) is 5.78 Å². The quantitative estimate of drug-likeness (QED) is 0.773. The number of ketones is 1. The van der Waals surface area contributed by atoms with Crippen molar-refractivity contribution in [1.82, 2.24) is 4.57 Å². The molecule has 1 aromatic rings. The molecule has 0 radical (unpaired) electrons. The molecule has 104 valence electrons. The maximum atomic E-state index is 12.3. The summed E-state index contributed by atoms with van der Waals surface area (Å²) < 4.78 is 2.49. The van der Waals surface area contributed by atoms with E-state index in [-0.39, 0.29) is 5.41 Å². The van der Waals surface area contributed by atoms with E-state index in [1.165, 1.54) is 35.7 Å². The van der Waals surface area contributed by atoms with Gasteiger partial charge in [0.05, 0.1) is 0 Å². The van der Waals surface area contributed by atoms with Gasteiger partial charge in [0.1, 0.15) is 0 Å². The second kappa shape index (κ2) is 4.69. The van der Waals surface area contributed by atoms with Crippen LogP contribution in [0.4, 0.5) is 0 Å². The molecule has 1 unspecified atom stereocenters. The number of rotatable bonds is 1. The van der Waals surface area contributed by atoms with E-state index in [1.807, 2.05) is 0 Å². The number of carbonyl (C=O) groups is 1. The van der Waals surface area contributed by atoms with Crippen LogP contribution in [-0.2, 0) is 6.42 Å². The van der Waals surface area contributed by atoms with Gasteiger partial charge in [0.25, 0.3) is 0 Å². The molecular formula is C16H23NOS. The lowest BCUT2D eigenvalue weighted by Gasteiger charge is -2.33. The van der Waals surface area contributed by atoms with Gasteiger partial charge in [-0.05, 0) is 43.4 Å². The van der Waals surface area contributed by atoms with Crippen molar-refractivity contribution in [3.8, 4) is 0 Å². The molecular weight excluding hydrogens is 254 g/mol. The second-order valence-electron chi connectivity index (χ2n) is 6.83. The zero-order valence-corrected chi connectivity index (χ0v) is 13.0. The minimum absolute atomic E-state index is 0.119. The van der Waals surface area contributed by atoms with Crippen LogP contribution in [0.15, 0.2) is 6.07 Å². The average molecular weight is 277 g/mol. The topological polar surface area (TPSA) is 22.0 Å². The highest BCUT2D eigenvalue weighted by atomic mass is 32.2. The fraction of sp³-hybridized carbons (Fsp3) is 0.688. The van der Waals surface area contributed by atoms with Gasteiger partial charge >= 0.3 is 0 Å². The van der Waals surface area contributed by atoms with E-state index >= 15 is 0 Å². The highest BCUT2D eigenvalue weighted by Gasteiger charge is 2.35. The predicted molar refractivity (Wildman–Crippen MR) is 81.2 cm³/mol. The zero-order valence-electron chi connectivity index (χ0n) is 12.2. The van der Waals surface area contributed by atoms with Crippen LogP contribution in [0.2, 0.25) is 0 Å². The first-order valence-electron chi connectivity index (χ1n) is 7.29. The fourth-order valence-electron chi connectivity index (χ4n) is 3.61. The minimum Gasteiger partial charge on any atom is -0.344 e. The summed E-state index contributed by atoms with van der Waals surface area (Å²) in [5.74, 6) is 2.84. The van der Waals surface area contributed by atoms with Crippen molar-refractivity contribution < 1.29 is 4.79 Å². The number of carbonyl (C=O) groups excluding carboxylic acids is 1. The summed E-state index contributed by atoms with van der Waals surface area (Å²) in [5, 5.41) is 0. The van der Waals surface area contributed by atoms with Gasteiger partial charge in [0, 0.05) is 35.2 Å². The van der Waals surface area contributed by atoms with Gasteiger partial charge in [-0.3, -0.25) is 4.79 Å². The third-order valence-corrected chi connectivity index (χ3v) is 5.62. The maximum absolute atomic E-state index is 12.3. The third kappa shape index (κ3) is 2.37. The van der Waals surface area contributed by atoms with E-state index in [9.17, 15) is 4.79 Å². The Labute approximate surface area is 120 Å². The van der Waals surface area contributed by atoms with E-state index in [2.05, 4.69) is 43.2 Å². The molecule has 0 bridgehead atoms. The summed E-state index contributed by atoms with van der Waals surface area (Å²) in [4.78, 5) is 12.3. The zero-order chi connectivity index (χ0) is 13.6. The Hall–Kier alpha value is -0.700. The Bertz CT molecular complexity index is 509. The first-order chi connectivity index (χ1) is 8.98. The molecule has 1 saturated heterocycles. The van der Waals surface area contributed by atoms with Crippen molar-refractivity contribution in [3.63, 3.8) is 0 Å². The number of Topliss-reactive ketones (excluding diaryl/α,β-unsaturated/α-hetero) is 1. The molecule has 2 nitrogen and oxygen atoms in total. The van der Waals surface area contributed by atoms with Gasteiger partial charge in [-0.1, -0.05) is 13.8 Å². The summed E-state index contributed by atoms with van der Waals surface area (Å²) in [7, 11) is 0. The number of hydrogen-bond acceptors (Lipinski definition) is 2. The van der Waals surface area contributed by atoms with Crippen LogP contribution in [0.3, 0.4) is 0 Å². The first kappa shape index (κ1) is 13.3. The summed E-state index contributed by atoms with van der Waals surface area (Å²) in [6.07, 6.45) is 4.31. The largest absolute Gasteiger partial charge is 0.344 e. The van der Waals surface area contributed by atoms with Crippen LogP contribution in [0.5, 0.6) is 0 Å². The van der Waals surface area contributed by atoms with Crippen LogP contribution in [0.25, 0.3) is 0 Å². The fourth-order valence-corrected chi connectivity index (χ4v) is 4.73. The second-order valence-corrected chi connectivity index (χ2v) is 7.98. The lowest BCUT2D eigenvalue weighted by molar-refractivity contribution is 0.0909. The summed E-state index contributed by atoms with van der Waals surface area (Å²) in [5.41, 5.74) is 3.72. The summed E-state index contributed by atoms with van der Waals surface area (Å²) >= 11 is 2.06. The van der Waals surface area contributed by atoms with E-state index < -0.39 is 0 Å². The van der Waals surface area contributed by atoms with Crippen LogP contribution in [-0.4, -0.2) is 21.9 Å². The molecule has 1 atom stereocenters. The number of aryl methyl sites for hydroxylation is 1. The number of hydrogen-bond donors (Lipinski definition) is 0. The van der Waals surface area contributed by atoms with Crippen molar-refractivity contribution in [2.75, 3.05) is 11.5 Å². The van der Waals surface area contributed by atoms with Crippen molar-refractivity contribution in [3.05, 3.63) is 23.0 Å². The summed E-state index contributed by atoms with van der Waals surface area (Å²) in [6, 6.07) is 2.73. The van der Waals surface area contributed by atoms with Gasteiger partial charge in [0.2, 0.25) is 0 Å². The number of fused-ring (bicyclic) bond motifs is 1. The van der Waals surface area contributed by atoms with Crippen LogP contribution in [0.1, 0.15) is 60.9 Å². The van der Waals surface area contributed by atoms with Gasteiger partial charge < -0.3 is 4.57 Å². The first-order valence-corrected chi connectivity index (χ1v) is 8.45. The van der Waals surface area contributed by atoms with Crippen LogP contribution in [0, 0.1) is 12.3 Å². The molecule has 2 heterocycles. The molecule has 3 heteroatoms. The molecule has 0 N–H and O–H groups in total. The summed E-state index contributed by atoms with van der Waals surface area (Å²) in [6.45, 7) is 6.60. The van der Waals surface area contributed by atoms with Crippen molar-refractivity contribution >= 4 is 17.5 Å². The molecule has 1 fully saturated rings. The molecule has 0 spiro atoms. The van der Waals surface area contributed by atoms with Crippen molar-refractivity contribution in [2.45, 2.75) is 52.5 Å². The van der Waals surface area contributed by atoms with E-state index in [0.29, 0.717) is 18.2 Å². The van der Waals surface area contributed by atoms with Crippen molar-refractivity contribution in [2.24, 2.45) is 5.41 Å². The molecule has 0 amide bonds. The van der Waals surface area contributed by atoms with E-state index in [4.69, 9.17) is 0 Å². The number of aromatic nitrogens is 1. The van der Waals surface area contributed by atoms with Gasteiger partial charge in [-0.25, -0.2) is 0 Å². The smallest absolute Gasteiger partial charge is 0.165 e. The standard InChI is InChI=1S/C16H23NOS/c1-11-7-13-14(8-16(2,3)9-15(13)18)17(11)12-5-4-6-19-10-12/h7,12H,4-6,8-10H2,1-3H3. The SMILES string of the molecule is Cc1cc2c(n1C1CCCSC1)CC(C)(C)CC2=O. The van der Waals surface area contributed by atoms with E-state index in [1.54, 1.807) is 0 Å². The average Bonchev–Trinajstić information content (AvgIpc) is 2.65. The molecule has 2 aliphatic rings.